The van der Waals surface area contributed by atoms with Crippen molar-refractivity contribution >= 4 is 40.3 Å². The maximum Gasteiger partial charge on any atom is 0.293 e. The fourth-order valence-corrected chi connectivity index (χ4v) is 5.28. The third-order valence-electron chi connectivity index (χ3n) is 7.53. The summed E-state index contributed by atoms with van der Waals surface area (Å²) in [6.07, 6.45) is 3.61. The number of carbonyl (C=O) groups is 1. The van der Waals surface area contributed by atoms with Crippen molar-refractivity contribution < 1.29 is 14.2 Å². The van der Waals surface area contributed by atoms with Gasteiger partial charge in [0.25, 0.3) is 5.91 Å². The Kier molecular flexibility index (Phi) is 8.29. The van der Waals surface area contributed by atoms with Gasteiger partial charge in [0.15, 0.2) is 5.69 Å². The summed E-state index contributed by atoms with van der Waals surface area (Å²) in [6, 6.07) is 19.5. The number of piperidine rings is 1. The zero-order chi connectivity index (χ0) is 29.8. The molecule has 3 heterocycles. The molecule has 0 bridgehead atoms. The number of benzene rings is 3. The van der Waals surface area contributed by atoms with Gasteiger partial charge >= 0.3 is 0 Å². The van der Waals surface area contributed by atoms with Crippen molar-refractivity contribution in [1.29, 1.82) is 0 Å². The first-order valence-electron chi connectivity index (χ1n) is 13.9. The van der Waals surface area contributed by atoms with Crippen molar-refractivity contribution in [3.63, 3.8) is 0 Å². The van der Waals surface area contributed by atoms with E-state index in [1.165, 1.54) is 10.9 Å². The van der Waals surface area contributed by atoms with Crippen LogP contribution >= 0.6 is 11.6 Å². The highest BCUT2D eigenvalue weighted by molar-refractivity contribution is 6.30. The van der Waals surface area contributed by atoms with Crippen LogP contribution in [0.5, 0.6) is 5.75 Å². The molecule has 0 aliphatic carbocycles. The summed E-state index contributed by atoms with van der Waals surface area (Å²) in [5.74, 6) is 0.885. The number of carbonyl (C=O) groups excluding carboxylic acids is 1. The van der Waals surface area contributed by atoms with Crippen LogP contribution in [-0.4, -0.2) is 55.4 Å². The number of hydrazone groups is 1. The number of nitrogens with two attached hydrogens (primary N) is 1. The molecular formula is C30H30ClN9O3. The van der Waals surface area contributed by atoms with E-state index in [0.717, 1.165) is 42.3 Å². The van der Waals surface area contributed by atoms with Gasteiger partial charge in [0.05, 0.1) is 11.9 Å². The monoisotopic (exact) mass is 599 g/mol. The third-order valence-corrected chi connectivity index (χ3v) is 7.76. The van der Waals surface area contributed by atoms with Crippen LogP contribution in [0.4, 0.5) is 5.82 Å². The number of nitrogen functional groups attached to an aromatic ring is 1. The van der Waals surface area contributed by atoms with E-state index in [1.54, 1.807) is 18.2 Å². The van der Waals surface area contributed by atoms with Gasteiger partial charge < -0.3 is 10.5 Å². The van der Waals surface area contributed by atoms with Crippen LogP contribution in [0.15, 0.2) is 70.4 Å². The molecule has 0 atom stereocenters. The van der Waals surface area contributed by atoms with Crippen molar-refractivity contribution in [2.24, 2.45) is 11.0 Å². The molecule has 1 saturated heterocycles. The van der Waals surface area contributed by atoms with Gasteiger partial charge in [0.1, 0.15) is 12.4 Å². The van der Waals surface area contributed by atoms with Crippen molar-refractivity contribution in [1.82, 2.24) is 35.6 Å². The van der Waals surface area contributed by atoms with Gasteiger partial charge in [-0.2, -0.15) is 9.78 Å². The number of hydrogen-bond acceptors (Lipinski definition) is 10. The Labute approximate surface area is 252 Å². The highest BCUT2D eigenvalue weighted by Gasteiger charge is 2.27. The molecule has 0 saturated carbocycles. The molecule has 5 aromatic rings. The molecule has 12 nitrogen and oxygen atoms in total. The largest absolute Gasteiger partial charge is 0.488 e. The van der Waals surface area contributed by atoms with E-state index in [9.17, 15) is 4.79 Å². The number of rotatable bonds is 9. The minimum absolute atomic E-state index is 0.0420. The van der Waals surface area contributed by atoms with Crippen molar-refractivity contribution in [2.75, 3.05) is 18.8 Å². The number of fused-ring (bicyclic) bond motifs is 1. The highest BCUT2D eigenvalue weighted by Crippen LogP contribution is 2.25. The molecule has 0 unspecified atom stereocenters. The number of likely N-dealkylation sites (tertiary alicyclic amines) is 1. The molecule has 6 rings (SSSR count). The van der Waals surface area contributed by atoms with Crippen LogP contribution in [0.3, 0.4) is 0 Å². The Balaban J connectivity index is 1.20. The number of halogens is 1. The lowest BCUT2D eigenvalue weighted by Crippen LogP contribution is -2.34. The first-order chi connectivity index (χ1) is 21.0. The van der Waals surface area contributed by atoms with E-state index in [-0.39, 0.29) is 17.3 Å². The molecule has 1 fully saturated rings. The summed E-state index contributed by atoms with van der Waals surface area (Å²) in [5, 5.41) is 22.7. The molecule has 220 valence electrons. The number of nitrogens with one attached hydrogen (secondary N) is 1. The Morgan fingerprint density at radius 1 is 1.16 bits per heavy atom. The lowest BCUT2D eigenvalue weighted by molar-refractivity contribution is 0.0946. The lowest BCUT2D eigenvalue weighted by atomic mass is 9.99. The van der Waals surface area contributed by atoms with Crippen molar-refractivity contribution in [3.05, 3.63) is 88.2 Å². The summed E-state index contributed by atoms with van der Waals surface area (Å²) < 4.78 is 12.3. The zero-order valence-electron chi connectivity index (χ0n) is 23.5. The molecule has 1 aliphatic heterocycles. The van der Waals surface area contributed by atoms with Crippen LogP contribution in [0.2, 0.25) is 5.02 Å². The number of anilines is 1. The molecule has 2 aromatic heterocycles. The smallest absolute Gasteiger partial charge is 0.293 e. The predicted molar refractivity (Wildman–Crippen MR) is 162 cm³/mol. The van der Waals surface area contributed by atoms with Gasteiger partial charge in [-0.1, -0.05) is 66.2 Å². The molecule has 1 amide bonds. The highest BCUT2D eigenvalue weighted by atomic mass is 35.5. The van der Waals surface area contributed by atoms with E-state index in [1.807, 2.05) is 24.3 Å². The number of hydrogen-bond donors (Lipinski definition) is 2. The molecule has 3 aromatic carbocycles. The topological polar surface area (TPSA) is 150 Å². The number of ether oxygens (including phenoxy) is 1. The van der Waals surface area contributed by atoms with Gasteiger partial charge in [0.2, 0.25) is 11.6 Å². The van der Waals surface area contributed by atoms with Crippen LogP contribution in [-0.2, 0) is 13.2 Å². The Morgan fingerprint density at radius 2 is 1.98 bits per heavy atom. The van der Waals surface area contributed by atoms with E-state index >= 15 is 0 Å². The summed E-state index contributed by atoms with van der Waals surface area (Å²) >= 11 is 6.28. The summed E-state index contributed by atoms with van der Waals surface area (Å²) in [6.45, 7) is 4.77. The molecule has 0 spiro atoms. The van der Waals surface area contributed by atoms with Crippen LogP contribution < -0.4 is 15.9 Å². The van der Waals surface area contributed by atoms with Crippen LogP contribution in [0, 0.1) is 5.92 Å². The molecule has 13 heteroatoms. The van der Waals surface area contributed by atoms with Gasteiger partial charge in [-0.25, -0.2) is 10.1 Å². The SMILES string of the molecule is CC1CCN(Cc2c(C(=O)N/N=C\c3cc(Cl)ccc3OCc3cccc4ccccc34)nnn2-c2nonc2N)CC1. The quantitative estimate of drug-likeness (QED) is 0.183. The minimum Gasteiger partial charge on any atom is -0.488 e. The zero-order valence-corrected chi connectivity index (χ0v) is 24.2. The van der Waals surface area contributed by atoms with E-state index in [4.69, 9.17) is 26.7 Å². The second-order valence-electron chi connectivity index (χ2n) is 10.5. The molecule has 0 radical (unpaired) electrons. The summed E-state index contributed by atoms with van der Waals surface area (Å²) in [5.41, 5.74) is 10.7. The fourth-order valence-electron chi connectivity index (χ4n) is 5.10. The molecule has 43 heavy (non-hydrogen) atoms. The maximum absolute atomic E-state index is 13.3. The number of nitrogens with zero attached hydrogens (tertiary/aromatic N) is 7. The Hall–Kier alpha value is -4.81. The van der Waals surface area contributed by atoms with Crippen LogP contribution in [0.1, 0.15) is 47.1 Å². The summed E-state index contributed by atoms with van der Waals surface area (Å²) in [7, 11) is 0. The summed E-state index contributed by atoms with van der Waals surface area (Å²) in [4.78, 5) is 15.5. The Morgan fingerprint density at radius 3 is 2.79 bits per heavy atom. The third kappa shape index (κ3) is 6.35. The van der Waals surface area contributed by atoms with E-state index < -0.39 is 5.91 Å². The van der Waals surface area contributed by atoms with Crippen molar-refractivity contribution in [3.8, 4) is 11.6 Å². The minimum atomic E-state index is -0.543. The van der Waals surface area contributed by atoms with Gasteiger partial charge in [0, 0.05) is 17.1 Å². The first-order valence-corrected chi connectivity index (χ1v) is 14.3. The van der Waals surface area contributed by atoms with E-state index in [0.29, 0.717) is 41.1 Å². The number of aromatic nitrogens is 5. The average molecular weight is 600 g/mol. The average Bonchev–Trinajstić information content (AvgIpc) is 3.63. The van der Waals surface area contributed by atoms with Crippen LogP contribution in [0.25, 0.3) is 16.6 Å². The lowest BCUT2D eigenvalue weighted by Gasteiger charge is -2.30. The second kappa shape index (κ2) is 12.6. The van der Waals surface area contributed by atoms with Gasteiger partial charge in [-0.15, -0.1) is 5.10 Å². The van der Waals surface area contributed by atoms with Gasteiger partial charge in [-0.3, -0.25) is 9.69 Å². The van der Waals surface area contributed by atoms with Crippen molar-refractivity contribution in [2.45, 2.75) is 32.9 Å². The number of amides is 1. The molecular weight excluding hydrogens is 570 g/mol. The predicted octanol–water partition coefficient (Wildman–Crippen LogP) is 4.61. The first kappa shape index (κ1) is 28.3. The second-order valence-corrected chi connectivity index (χ2v) is 11.0. The standard InChI is InChI=1S/C30H30ClN9O3/c1-19-11-13-39(14-12-19)17-25-27(34-38-40(25)29-28(32)36-43-37-29)30(41)35-33-16-22-15-23(31)9-10-26(22)42-18-21-7-4-6-20-5-2-3-8-24(20)21/h2-10,15-16,19H,11-14,17-18H2,1H3,(H2,32,36)(H,35,41)/b33-16-. The van der Waals surface area contributed by atoms with E-state index in [2.05, 4.69) is 61.2 Å². The maximum atomic E-state index is 13.3. The molecule has 3 N–H and O–H groups in total. The van der Waals surface area contributed by atoms with Gasteiger partial charge in [-0.05, 0) is 76.7 Å². The Bertz CT molecular complexity index is 1770. The molecule has 1 aliphatic rings. The normalized spacial score (nSPS) is 14.5. The fraction of sp³-hybridized carbons (Fsp3) is 0.267.